The summed E-state index contributed by atoms with van der Waals surface area (Å²) in [6, 6.07) is 12.4. The Morgan fingerprint density at radius 2 is 1.73 bits per heavy atom. The largest absolute Gasteiger partial charge is 0.480 e. The number of urea groups is 1. The van der Waals surface area contributed by atoms with Gasteiger partial charge < -0.3 is 18.8 Å². The number of pyridine rings is 3. The average Bonchev–Trinajstić information content (AvgIpc) is 3.96. The minimum atomic E-state index is -0.784. The van der Waals surface area contributed by atoms with Crippen LogP contribution in [0, 0.1) is 17.8 Å². The number of hydrogen-bond acceptors (Lipinski definition) is 9. The SMILES string of the molecule is COc1ncc(C(=O)N2CCC(C#Cc3cccn4c(N5CCC(=O)NC5=O)cnc34)CC2)cc1-c1nc2c(n1C(C)C)[C@@H](c1ccc(Cl)cc1)N(c1cc(Cl)cn(C)c1=O)C2=O. The number of carbonyl (C=O) groups excluding carboxylic acids is 4. The van der Waals surface area contributed by atoms with E-state index >= 15 is 0 Å². The van der Waals surface area contributed by atoms with Gasteiger partial charge in [-0.15, -0.1) is 0 Å². The summed E-state index contributed by atoms with van der Waals surface area (Å²) in [6.45, 7) is 5.11. The van der Waals surface area contributed by atoms with Crippen molar-refractivity contribution in [3.8, 4) is 29.1 Å². The highest BCUT2D eigenvalue weighted by atomic mass is 35.5. The van der Waals surface area contributed by atoms with E-state index in [1.54, 1.807) is 46.9 Å². The Kier molecular flexibility index (Phi) is 10.8. The first-order chi connectivity index (χ1) is 30.3. The number of imide groups is 1. The van der Waals surface area contributed by atoms with Crippen LogP contribution in [0.3, 0.4) is 0 Å². The molecule has 0 radical (unpaired) electrons. The zero-order valence-corrected chi connectivity index (χ0v) is 36.1. The van der Waals surface area contributed by atoms with Crippen LogP contribution < -0.4 is 25.4 Å². The van der Waals surface area contributed by atoms with Gasteiger partial charge in [0.25, 0.3) is 17.4 Å². The lowest BCUT2D eigenvalue weighted by Crippen LogP contribution is -2.50. The van der Waals surface area contributed by atoms with Gasteiger partial charge in [-0.3, -0.25) is 38.7 Å². The summed E-state index contributed by atoms with van der Waals surface area (Å²) in [6.07, 6.45) is 7.86. The molecule has 320 valence electrons. The van der Waals surface area contributed by atoms with Gasteiger partial charge in [-0.1, -0.05) is 47.2 Å². The van der Waals surface area contributed by atoms with E-state index in [2.05, 4.69) is 27.1 Å². The van der Waals surface area contributed by atoms with Gasteiger partial charge in [0.05, 0.1) is 40.7 Å². The smallest absolute Gasteiger partial charge is 0.329 e. The van der Waals surface area contributed by atoms with E-state index < -0.39 is 23.5 Å². The minimum Gasteiger partial charge on any atom is -0.480 e. The number of methoxy groups -OCH3 is 1. The number of ether oxygens (including phenoxy) is 1. The number of rotatable bonds is 7. The first-order valence-corrected chi connectivity index (χ1v) is 21.1. The average molecular weight is 888 g/mol. The molecule has 18 heteroatoms. The molecule has 0 bridgehead atoms. The molecule has 0 aliphatic carbocycles. The van der Waals surface area contributed by atoms with E-state index in [0.29, 0.717) is 76.2 Å². The van der Waals surface area contributed by atoms with Crippen LogP contribution in [-0.4, -0.2) is 83.9 Å². The number of piperidine rings is 1. The lowest BCUT2D eigenvalue weighted by molar-refractivity contribution is -0.120. The number of hydrogen-bond donors (Lipinski definition) is 1. The van der Waals surface area contributed by atoms with E-state index in [1.807, 2.05) is 42.7 Å². The fourth-order valence-electron chi connectivity index (χ4n) is 8.52. The van der Waals surface area contributed by atoms with Crippen molar-refractivity contribution in [3.05, 3.63) is 122 Å². The van der Waals surface area contributed by atoms with Gasteiger partial charge in [-0.2, -0.15) is 0 Å². The lowest BCUT2D eigenvalue weighted by atomic mass is 9.96. The fraction of sp³-hybridized carbons (Fsp3) is 0.289. The van der Waals surface area contributed by atoms with Crippen LogP contribution in [-0.2, 0) is 11.8 Å². The third-order valence-electron chi connectivity index (χ3n) is 11.6. The summed E-state index contributed by atoms with van der Waals surface area (Å²) in [7, 11) is 3.06. The molecule has 5 amide bonds. The number of nitrogens with one attached hydrogen (secondary N) is 1. The first kappa shape index (κ1) is 41.4. The molecule has 6 aromatic rings. The van der Waals surface area contributed by atoms with Gasteiger partial charge in [0, 0.05) is 68.7 Å². The third kappa shape index (κ3) is 7.36. The molecule has 63 heavy (non-hydrogen) atoms. The Hall–Kier alpha value is -6.96. The zero-order chi connectivity index (χ0) is 44.3. The summed E-state index contributed by atoms with van der Waals surface area (Å²) in [5.41, 5.74) is 3.11. The number of amides is 5. The summed E-state index contributed by atoms with van der Waals surface area (Å²) in [4.78, 5) is 85.2. The van der Waals surface area contributed by atoms with Crippen LogP contribution in [0.2, 0.25) is 10.0 Å². The molecule has 0 spiro atoms. The van der Waals surface area contributed by atoms with Crippen molar-refractivity contribution >= 4 is 64.1 Å². The number of likely N-dealkylation sites (tertiary alicyclic amines) is 1. The number of nitrogens with zero attached hydrogens (tertiary/aromatic N) is 9. The van der Waals surface area contributed by atoms with Gasteiger partial charge in [0.15, 0.2) is 11.3 Å². The number of anilines is 2. The van der Waals surface area contributed by atoms with Gasteiger partial charge in [0.2, 0.25) is 11.8 Å². The van der Waals surface area contributed by atoms with E-state index in [4.69, 9.17) is 32.9 Å². The molecule has 2 saturated heterocycles. The van der Waals surface area contributed by atoms with Crippen molar-refractivity contribution in [2.24, 2.45) is 13.0 Å². The number of aromatic nitrogens is 6. The number of imidazole rings is 2. The molecule has 16 nitrogen and oxygen atoms in total. The van der Waals surface area contributed by atoms with Gasteiger partial charge in [-0.05, 0) is 68.7 Å². The van der Waals surface area contributed by atoms with E-state index in [1.165, 1.54) is 39.9 Å². The molecule has 0 unspecified atom stereocenters. The van der Waals surface area contributed by atoms with Crippen LogP contribution in [0.5, 0.6) is 5.88 Å². The van der Waals surface area contributed by atoms with Crippen molar-refractivity contribution in [1.29, 1.82) is 0 Å². The maximum absolute atomic E-state index is 14.6. The van der Waals surface area contributed by atoms with Crippen LogP contribution in [0.25, 0.3) is 17.0 Å². The quantitative estimate of drug-likeness (QED) is 0.181. The number of carbonyl (C=O) groups is 4. The molecule has 3 aliphatic rings. The molecule has 3 aliphatic heterocycles. The van der Waals surface area contributed by atoms with E-state index in [0.717, 1.165) is 0 Å². The summed E-state index contributed by atoms with van der Waals surface area (Å²) in [5.74, 6) is 6.79. The molecule has 1 atom stereocenters. The fourth-order valence-corrected chi connectivity index (χ4v) is 8.89. The molecule has 0 saturated carbocycles. The predicted molar refractivity (Wildman–Crippen MR) is 235 cm³/mol. The Morgan fingerprint density at radius 3 is 2.44 bits per heavy atom. The van der Waals surface area contributed by atoms with Crippen LogP contribution in [0.1, 0.15) is 82.9 Å². The van der Waals surface area contributed by atoms with Crippen LogP contribution in [0.4, 0.5) is 16.3 Å². The summed E-state index contributed by atoms with van der Waals surface area (Å²) >= 11 is 12.7. The third-order valence-corrected chi connectivity index (χ3v) is 12.0. The number of fused-ring (bicyclic) bond motifs is 2. The lowest BCUT2D eigenvalue weighted by Gasteiger charge is -2.30. The first-order valence-electron chi connectivity index (χ1n) is 20.3. The highest BCUT2D eigenvalue weighted by Gasteiger charge is 2.46. The molecule has 1 N–H and O–H groups in total. The molecular weight excluding hydrogens is 847 g/mol. The predicted octanol–water partition coefficient (Wildman–Crippen LogP) is 6.29. The standard InChI is InChI=1S/C45H40Cl2N10O6/c1-25(2)56-38-36(44(61)57(33-21-31(47)24-52(3)43(33)60)37(38)27-9-11-30(46)12-10-27)51-40(56)32-20-29(22-49-41(32)63-4)42(59)53-17-13-26(14-18-53)7-8-28-6-5-16-54-35(23-48-39(28)54)55-19-15-34(58)50-45(55)62/h5-6,9-12,16,20-26,37H,13-15,17-19H2,1-4H3,(H,50,58,62)/t37-/m1/s1. The van der Waals surface area contributed by atoms with Gasteiger partial charge >= 0.3 is 6.03 Å². The number of aryl methyl sites for hydroxylation is 1. The Morgan fingerprint density at radius 1 is 0.968 bits per heavy atom. The summed E-state index contributed by atoms with van der Waals surface area (Å²) < 4.78 is 10.8. The van der Waals surface area contributed by atoms with E-state index in [9.17, 15) is 24.0 Å². The summed E-state index contributed by atoms with van der Waals surface area (Å²) in [5, 5.41) is 3.14. The van der Waals surface area contributed by atoms with Gasteiger partial charge in [0.1, 0.15) is 23.4 Å². The molecule has 5 aromatic heterocycles. The molecule has 8 heterocycles. The van der Waals surface area contributed by atoms with Crippen molar-refractivity contribution < 1.29 is 23.9 Å². The Labute approximate surface area is 371 Å². The molecule has 2 fully saturated rings. The topological polar surface area (TPSA) is 169 Å². The second-order valence-electron chi connectivity index (χ2n) is 15.8. The van der Waals surface area contributed by atoms with Gasteiger partial charge in [-0.25, -0.2) is 19.7 Å². The highest BCUT2D eigenvalue weighted by Crippen LogP contribution is 2.45. The maximum atomic E-state index is 14.6. The Balaban J connectivity index is 0.989. The van der Waals surface area contributed by atoms with Crippen molar-refractivity contribution in [2.45, 2.75) is 45.2 Å². The van der Waals surface area contributed by atoms with Crippen LogP contribution >= 0.6 is 23.2 Å². The maximum Gasteiger partial charge on any atom is 0.329 e. The highest BCUT2D eigenvalue weighted by molar-refractivity contribution is 6.31. The van der Waals surface area contributed by atoms with Crippen LogP contribution in [0.15, 0.2) is 78.1 Å². The molecule has 1 aromatic carbocycles. The normalized spacial score (nSPS) is 16.7. The second kappa shape index (κ2) is 16.4. The molecule has 9 rings (SSSR count). The monoisotopic (exact) mass is 886 g/mol. The number of halogens is 2. The van der Waals surface area contributed by atoms with Crippen molar-refractivity contribution in [2.75, 3.05) is 36.5 Å². The molecular formula is C45H40Cl2N10O6. The zero-order valence-electron chi connectivity index (χ0n) is 34.6. The minimum absolute atomic E-state index is 0.0193. The van der Waals surface area contributed by atoms with Crippen molar-refractivity contribution in [1.82, 2.24) is 38.7 Å². The number of benzene rings is 1. The Bertz CT molecular complexity index is 2990. The van der Waals surface area contributed by atoms with E-state index in [-0.39, 0.29) is 59.0 Å². The second-order valence-corrected chi connectivity index (χ2v) is 16.7. The van der Waals surface area contributed by atoms with Crippen molar-refractivity contribution in [3.63, 3.8) is 0 Å².